The van der Waals surface area contributed by atoms with Crippen LogP contribution in [0.3, 0.4) is 0 Å². The van der Waals surface area contributed by atoms with E-state index in [1.54, 1.807) is 18.2 Å². The summed E-state index contributed by atoms with van der Waals surface area (Å²) < 4.78 is 37.6. The van der Waals surface area contributed by atoms with E-state index in [2.05, 4.69) is 26.8 Å². The Labute approximate surface area is 140 Å². The van der Waals surface area contributed by atoms with Crippen molar-refractivity contribution in [3.8, 4) is 11.5 Å². The average Bonchev–Trinajstić information content (AvgIpc) is 2.60. The number of anilines is 2. The average molecular weight is 350 g/mol. The van der Waals surface area contributed by atoms with Gasteiger partial charge in [0.25, 0.3) is 10.0 Å². The lowest BCUT2D eigenvalue weighted by atomic mass is 10.3. The van der Waals surface area contributed by atoms with Crippen LogP contribution in [0, 0.1) is 0 Å². The third kappa shape index (κ3) is 4.13. The second-order valence-electron chi connectivity index (χ2n) is 4.60. The predicted octanol–water partition coefficient (Wildman–Crippen LogP) is 1.89. The van der Waals surface area contributed by atoms with Gasteiger partial charge in [-0.15, -0.1) is 16.8 Å². The molecule has 0 aliphatic carbocycles. The number of aromatic nitrogens is 2. The van der Waals surface area contributed by atoms with Gasteiger partial charge in [0.2, 0.25) is 0 Å². The molecule has 0 aliphatic heterocycles. The molecule has 1 aromatic carbocycles. The first kappa shape index (κ1) is 17.5. The Morgan fingerprint density at radius 2 is 1.83 bits per heavy atom. The third-order valence-electron chi connectivity index (χ3n) is 2.99. The molecular formula is C15H18N4O4S. The molecule has 2 aromatic rings. The van der Waals surface area contributed by atoms with Gasteiger partial charge in [-0.3, -0.25) is 4.72 Å². The van der Waals surface area contributed by atoms with Crippen molar-refractivity contribution >= 4 is 21.7 Å². The highest BCUT2D eigenvalue weighted by atomic mass is 32.2. The van der Waals surface area contributed by atoms with Gasteiger partial charge in [-0.2, -0.15) is 0 Å². The van der Waals surface area contributed by atoms with Crippen molar-refractivity contribution in [2.24, 2.45) is 0 Å². The smallest absolute Gasteiger partial charge is 0.266 e. The number of methoxy groups -OCH3 is 2. The molecule has 1 heterocycles. The minimum absolute atomic E-state index is 0.0555. The molecule has 1 aromatic heterocycles. The second kappa shape index (κ2) is 7.64. The zero-order valence-electron chi connectivity index (χ0n) is 13.3. The number of nitrogens with one attached hydrogen (secondary N) is 2. The molecule has 0 amide bonds. The van der Waals surface area contributed by atoms with E-state index in [0.717, 1.165) is 0 Å². The normalized spacial score (nSPS) is 10.8. The molecule has 0 unspecified atom stereocenters. The maximum atomic E-state index is 12.6. The van der Waals surface area contributed by atoms with E-state index in [1.165, 1.54) is 32.4 Å². The maximum Gasteiger partial charge on any atom is 0.266 e. The highest BCUT2D eigenvalue weighted by Gasteiger charge is 2.21. The van der Waals surface area contributed by atoms with Gasteiger partial charge in [-0.1, -0.05) is 6.08 Å². The summed E-state index contributed by atoms with van der Waals surface area (Å²) in [4.78, 5) is -0.0555. The lowest BCUT2D eigenvalue weighted by Gasteiger charge is -2.12. The van der Waals surface area contributed by atoms with Crippen molar-refractivity contribution in [3.05, 3.63) is 43.0 Å². The van der Waals surface area contributed by atoms with Gasteiger partial charge in [-0.05, 0) is 24.3 Å². The Morgan fingerprint density at radius 1 is 1.12 bits per heavy atom. The summed E-state index contributed by atoms with van der Waals surface area (Å²) in [7, 11) is -1.07. The standard InChI is InChI=1S/C15H18N4O4S/c1-4-9-16-14-7-8-15(18-17-14)19-24(20,21)13-10-11(22-2)5-6-12(13)23-3/h4-8,10H,1,9H2,2-3H3,(H,16,17)(H,18,19). The molecule has 0 bridgehead atoms. The van der Waals surface area contributed by atoms with Crippen molar-refractivity contribution in [2.75, 3.05) is 30.8 Å². The van der Waals surface area contributed by atoms with Gasteiger partial charge < -0.3 is 14.8 Å². The number of rotatable bonds is 8. The zero-order valence-corrected chi connectivity index (χ0v) is 14.1. The molecule has 2 rings (SSSR count). The first-order valence-electron chi connectivity index (χ1n) is 6.93. The monoisotopic (exact) mass is 350 g/mol. The van der Waals surface area contributed by atoms with Gasteiger partial charge in [0.15, 0.2) is 5.82 Å². The van der Waals surface area contributed by atoms with Gasteiger partial charge in [-0.25, -0.2) is 8.42 Å². The Hall–Kier alpha value is -2.81. The molecule has 8 nitrogen and oxygen atoms in total. The molecule has 128 valence electrons. The largest absolute Gasteiger partial charge is 0.497 e. The van der Waals surface area contributed by atoms with Crippen LogP contribution in [0.15, 0.2) is 47.9 Å². The van der Waals surface area contributed by atoms with E-state index in [-0.39, 0.29) is 16.5 Å². The number of nitrogens with zero attached hydrogens (tertiary/aromatic N) is 2. The molecule has 24 heavy (non-hydrogen) atoms. The molecule has 0 aliphatic rings. The van der Waals surface area contributed by atoms with E-state index in [1.807, 2.05) is 0 Å². The van der Waals surface area contributed by atoms with Crippen molar-refractivity contribution in [2.45, 2.75) is 4.90 Å². The first-order chi connectivity index (χ1) is 11.5. The van der Waals surface area contributed by atoms with E-state index in [0.29, 0.717) is 18.1 Å². The SMILES string of the molecule is C=CCNc1ccc(NS(=O)(=O)c2cc(OC)ccc2OC)nn1. The van der Waals surface area contributed by atoms with Gasteiger partial charge in [0.05, 0.1) is 14.2 Å². The summed E-state index contributed by atoms with van der Waals surface area (Å²) in [5, 5.41) is 10.7. The summed E-state index contributed by atoms with van der Waals surface area (Å²) in [5.41, 5.74) is 0. The number of sulfonamides is 1. The van der Waals surface area contributed by atoms with Gasteiger partial charge in [0, 0.05) is 12.6 Å². The summed E-state index contributed by atoms with van der Waals surface area (Å²) in [6.45, 7) is 4.11. The first-order valence-corrected chi connectivity index (χ1v) is 8.42. The number of benzene rings is 1. The quantitative estimate of drug-likeness (QED) is 0.701. The summed E-state index contributed by atoms with van der Waals surface area (Å²) >= 11 is 0. The minimum atomic E-state index is -3.91. The summed E-state index contributed by atoms with van der Waals surface area (Å²) in [5.74, 6) is 1.19. The molecule has 2 N–H and O–H groups in total. The van der Waals surface area contributed by atoms with Gasteiger partial charge >= 0.3 is 0 Å². The number of hydrogen-bond acceptors (Lipinski definition) is 7. The molecule has 9 heteroatoms. The number of ether oxygens (including phenoxy) is 2. The van der Waals surface area contributed by atoms with Crippen LogP contribution in [0.5, 0.6) is 11.5 Å². The van der Waals surface area contributed by atoms with E-state index < -0.39 is 10.0 Å². The van der Waals surface area contributed by atoms with Crippen LogP contribution in [-0.2, 0) is 10.0 Å². The molecule has 0 spiro atoms. The summed E-state index contributed by atoms with van der Waals surface area (Å²) in [6, 6.07) is 7.60. The van der Waals surface area contributed by atoms with Crippen molar-refractivity contribution < 1.29 is 17.9 Å². The Balaban J connectivity index is 2.26. The number of hydrogen-bond donors (Lipinski definition) is 2. The lowest BCUT2D eigenvalue weighted by Crippen LogP contribution is -2.15. The van der Waals surface area contributed by atoms with Crippen LogP contribution in [0.4, 0.5) is 11.6 Å². The van der Waals surface area contributed by atoms with Crippen LogP contribution in [-0.4, -0.2) is 39.4 Å². The van der Waals surface area contributed by atoms with Crippen molar-refractivity contribution in [3.63, 3.8) is 0 Å². The fourth-order valence-corrected chi connectivity index (χ4v) is 3.03. The van der Waals surface area contributed by atoms with Crippen LogP contribution in [0.2, 0.25) is 0 Å². The molecule has 0 saturated heterocycles. The fraction of sp³-hybridized carbons (Fsp3) is 0.200. The zero-order chi connectivity index (χ0) is 17.6. The Morgan fingerprint density at radius 3 is 2.42 bits per heavy atom. The van der Waals surface area contributed by atoms with Crippen LogP contribution in [0.1, 0.15) is 0 Å². The third-order valence-corrected chi connectivity index (χ3v) is 4.37. The Bertz CT molecular complexity index is 807. The highest BCUT2D eigenvalue weighted by molar-refractivity contribution is 7.92. The summed E-state index contributed by atoms with van der Waals surface area (Å²) in [6.07, 6.45) is 1.67. The topological polar surface area (TPSA) is 102 Å². The molecule has 0 saturated carbocycles. The van der Waals surface area contributed by atoms with Crippen LogP contribution < -0.4 is 19.5 Å². The van der Waals surface area contributed by atoms with Crippen LogP contribution in [0.25, 0.3) is 0 Å². The maximum absolute atomic E-state index is 12.6. The van der Waals surface area contributed by atoms with E-state index >= 15 is 0 Å². The van der Waals surface area contributed by atoms with Gasteiger partial charge in [0.1, 0.15) is 22.2 Å². The molecule has 0 atom stereocenters. The predicted molar refractivity (Wildman–Crippen MR) is 91.1 cm³/mol. The highest BCUT2D eigenvalue weighted by Crippen LogP contribution is 2.29. The molecule has 0 fully saturated rings. The Kier molecular flexibility index (Phi) is 5.59. The molecular weight excluding hydrogens is 332 g/mol. The second-order valence-corrected chi connectivity index (χ2v) is 6.25. The van der Waals surface area contributed by atoms with Crippen molar-refractivity contribution in [1.82, 2.24) is 10.2 Å². The fourth-order valence-electron chi connectivity index (χ4n) is 1.84. The van der Waals surface area contributed by atoms with Crippen LogP contribution >= 0.6 is 0 Å². The molecule has 0 radical (unpaired) electrons. The minimum Gasteiger partial charge on any atom is -0.497 e. The van der Waals surface area contributed by atoms with E-state index in [9.17, 15) is 8.42 Å². The lowest BCUT2D eigenvalue weighted by molar-refractivity contribution is 0.392. The van der Waals surface area contributed by atoms with E-state index in [4.69, 9.17) is 9.47 Å². The van der Waals surface area contributed by atoms with Crippen molar-refractivity contribution in [1.29, 1.82) is 0 Å².